The molecule has 1 aromatic rings. The molecule has 0 spiro atoms. The first-order valence-electron chi connectivity index (χ1n) is 5.98. The fourth-order valence-electron chi connectivity index (χ4n) is 2.56. The van der Waals surface area contributed by atoms with E-state index in [-0.39, 0.29) is 6.10 Å². The highest BCUT2D eigenvalue weighted by atomic mass is 16.5. The van der Waals surface area contributed by atoms with Crippen molar-refractivity contribution in [3.63, 3.8) is 0 Å². The molecule has 1 aliphatic heterocycles. The quantitative estimate of drug-likeness (QED) is 0.856. The van der Waals surface area contributed by atoms with Crippen molar-refractivity contribution in [2.75, 3.05) is 13.7 Å². The van der Waals surface area contributed by atoms with Gasteiger partial charge in [0.05, 0.1) is 19.8 Å². The first kappa shape index (κ1) is 12.4. The van der Waals surface area contributed by atoms with E-state index in [4.69, 9.17) is 9.47 Å². The van der Waals surface area contributed by atoms with E-state index < -0.39 is 5.60 Å². The van der Waals surface area contributed by atoms with Crippen LogP contribution in [-0.2, 0) is 10.3 Å². The summed E-state index contributed by atoms with van der Waals surface area (Å²) < 4.78 is 10.8. The van der Waals surface area contributed by atoms with Gasteiger partial charge in [0.15, 0.2) is 0 Å². The van der Waals surface area contributed by atoms with E-state index >= 15 is 0 Å². The number of aryl methyl sites for hydroxylation is 2. The third-order valence-electron chi connectivity index (χ3n) is 3.73. The molecule has 1 aromatic carbocycles. The Balaban J connectivity index is 2.49. The maximum absolute atomic E-state index is 10.7. The molecule has 2 rings (SSSR count). The smallest absolute Gasteiger partial charge is 0.122 e. The summed E-state index contributed by atoms with van der Waals surface area (Å²) in [5.74, 6) is 0.862. The van der Waals surface area contributed by atoms with Gasteiger partial charge in [0.25, 0.3) is 0 Å². The standard InChI is InChI=1S/C14H20O3/c1-9-8-13(16-4)10(2)7-12(9)14(15)5-6-17-11(14)3/h7-8,11,15H,5-6H2,1-4H3. The Morgan fingerprint density at radius 3 is 2.59 bits per heavy atom. The maximum atomic E-state index is 10.7. The van der Waals surface area contributed by atoms with Gasteiger partial charge in [-0.25, -0.2) is 0 Å². The third-order valence-corrected chi connectivity index (χ3v) is 3.73. The van der Waals surface area contributed by atoms with E-state index in [9.17, 15) is 5.11 Å². The van der Waals surface area contributed by atoms with Crippen LogP contribution >= 0.6 is 0 Å². The summed E-state index contributed by atoms with van der Waals surface area (Å²) in [5.41, 5.74) is 2.19. The van der Waals surface area contributed by atoms with E-state index in [0.717, 1.165) is 22.4 Å². The molecule has 17 heavy (non-hydrogen) atoms. The molecule has 0 saturated carbocycles. The van der Waals surface area contributed by atoms with Crippen molar-refractivity contribution in [2.24, 2.45) is 0 Å². The minimum Gasteiger partial charge on any atom is -0.496 e. The fourth-order valence-corrected chi connectivity index (χ4v) is 2.56. The Kier molecular flexibility index (Phi) is 3.15. The molecule has 3 nitrogen and oxygen atoms in total. The van der Waals surface area contributed by atoms with Crippen LogP contribution < -0.4 is 4.74 Å². The molecular weight excluding hydrogens is 216 g/mol. The van der Waals surface area contributed by atoms with E-state index in [1.54, 1.807) is 7.11 Å². The van der Waals surface area contributed by atoms with Crippen LogP contribution in [0.25, 0.3) is 0 Å². The van der Waals surface area contributed by atoms with Crippen molar-refractivity contribution in [3.05, 3.63) is 28.8 Å². The predicted octanol–water partition coefficient (Wildman–Crippen LogP) is 2.31. The number of benzene rings is 1. The molecule has 0 radical (unpaired) electrons. The minimum absolute atomic E-state index is 0.158. The van der Waals surface area contributed by atoms with Crippen LogP contribution in [0, 0.1) is 13.8 Å². The van der Waals surface area contributed by atoms with Crippen molar-refractivity contribution in [2.45, 2.75) is 38.9 Å². The minimum atomic E-state index is -0.860. The molecule has 0 aliphatic carbocycles. The van der Waals surface area contributed by atoms with Crippen molar-refractivity contribution >= 4 is 0 Å². The molecule has 0 aromatic heterocycles. The Bertz CT molecular complexity index is 428. The Hall–Kier alpha value is -1.06. The van der Waals surface area contributed by atoms with Gasteiger partial charge in [0, 0.05) is 6.42 Å². The summed E-state index contributed by atoms with van der Waals surface area (Å²) in [5, 5.41) is 10.7. The molecule has 1 N–H and O–H groups in total. The van der Waals surface area contributed by atoms with Gasteiger partial charge in [-0.1, -0.05) is 0 Å². The van der Waals surface area contributed by atoms with Crippen molar-refractivity contribution < 1.29 is 14.6 Å². The average Bonchev–Trinajstić information content (AvgIpc) is 2.63. The number of hydrogen-bond donors (Lipinski definition) is 1. The first-order chi connectivity index (χ1) is 7.99. The van der Waals surface area contributed by atoms with E-state index in [0.29, 0.717) is 13.0 Å². The van der Waals surface area contributed by atoms with E-state index in [2.05, 4.69) is 0 Å². The number of hydrogen-bond acceptors (Lipinski definition) is 3. The lowest BCUT2D eigenvalue weighted by atomic mass is 9.84. The normalized spacial score (nSPS) is 28.4. The molecule has 1 fully saturated rings. The zero-order valence-electron chi connectivity index (χ0n) is 10.9. The highest BCUT2D eigenvalue weighted by Crippen LogP contribution is 2.39. The van der Waals surface area contributed by atoms with Gasteiger partial charge >= 0.3 is 0 Å². The van der Waals surface area contributed by atoms with Crippen LogP contribution in [0.2, 0.25) is 0 Å². The largest absolute Gasteiger partial charge is 0.496 e. The Morgan fingerprint density at radius 2 is 2.06 bits per heavy atom. The van der Waals surface area contributed by atoms with Crippen LogP contribution in [0.4, 0.5) is 0 Å². The lowest BCUT2D eigenvalue weighted by Crippen LogP contribution is -2.34. The summed E-state index contributed by atoms with van der Waals surface area (Å²) in [7, 11) is 1.66. The molecule has 2 unspecified atom stereocenters. The lowest BCUT2D eigenvalue weighted by Gasteiger charge is -2.29. The zero-order chi connectivity index (χ0) is 12.6. The van der Waals surface area contributed by atoms with E-state index in [1.807, 2.05) is 32.9 Å². The van der Waals surface area contributed by atoms with Crippen molar-refractivity contribution in [1.82, 2.24) is 0 Å². The topological polar surface area (TPSA) is 38.7 Å². The second-order valence-electron chi connectivity index (χ2n) is 4.82. The summed E-state index contributed by atoms with van der Waals surface area (Å²) in [4.78, 5) is 0. The van der Waals surface area contributed by atoms with Crippen LogP contribution in [0.3, 0.4) is 0 Å². The Labute approximate surface area is 102 Å². The highest BCUT2D eigenvalue weighted by Gasteiger charge is 2.42. The summed E-state index contributed by atoms with van der Waals surface area (Å²) in [6, 6.07) is 3.99. The lowest BCUT2D eigenvalue weighted by molar-refractivity contribution is -0.0321. The first-order valence-corrected chi connectivity index (χ1v) is 5.98. The SMILES string of the molecule is COc1cc(C)c(C2(O)CCOC2C)cc1C. The number of methoxy groups -OCH3 is 1. The van der Waals surface area contributed by atoms with Crippen LogP contribution in [0.1, 0.15) is 30.0 Å². The number of rotatable bonds is 2. The van der Waals surface area contributed by atoms with Crippen LogP contribution in [0.15, 0.2) is 12.1 Å². The van der Waals surface area contributed by atoms with Gasteiger partial charge in [-0.3, -0.25) is 0 Å². The van der Waals surface area contributed by atoms with E-state index in [1.165, 1.54) is 0 Å². The molecule has 94 valence electrons. The molecule has 3 heteroatoms. The van der Waals surface area contributed by atoms with Gasteiger partial charge in [-0.05, 0) is 49.6 Å². The molecule has 0 bridgehead atoms. The van der Waals surface area contributed by atoms with Crippen molar-refractivity contribution in [1.29, 1.82) is 0 Å². The second-order valence-corrected chi connectivity index (χ2v) is 4.82. The molecule has 0 amide bonds. The highest BCUT2D eigenvalue weighted by molar-refractivity contribution is 5.44. The summed E-state index contributed by atoms with van der Waals surface area (Å²) in [6.45, 7) is 6.53. The monoisotopic (exact) mass is 236 g/mol. The third kappa shape index (κ3) is 1.94. The average molecular weight is 236 g/mol. The number of ether oxygens (including phenoxy) is 2. The molecule has 1 aliphatic rings. The van der Waals surface area contributed by atoms with Gasteiger partial charge < -0.3 is 14.6 Å². The van der Waals surface area contributed by atoms with Crippen LogP contribution in [0.5, 0.6) is 5.75 Å². The van der Waals surface area contributed by atoms with Gasteiger partial charge in [-0.2, -0.15) is 0 Å². The van der Waals surface area contributed by atoms with Gasteiger partial charge in [0.2, 0.25) is 0 Å². The summed E-state index contributed by atoms with van der Waals surface area (Å²) in [6.07, 6.45) is 0.495. The molecule has 1 heterocycles. The second kappa shape index (κ2) is 4.31. The molecular formula is C14H20O3. The predicted molar refractivity (Wildman–Crippen MR) is 66.4 cm³/mol. The Morgan fingerprint density at radius 1 is 1.35 bits per heavy atom. The zero-order valence-corrected chi connectivity index (χ0v) is 10.9. The fraction of sp³-hybridized carbons (Fsp3) is 0.571. The summed E-state index contributed by atoms with van der Waals surface area (Å²) >= 11 is 0. The van der Waals surface area contributed by atoms with Gasteiger partial charge in [-0.15, -0.1) is 0 Å². The van der Waals surface area contributed by atoms with Gasteiger partial charge in [0.1, 0.15) is 11.4 Å². The van der Waals surface area contributed by atoms with Crippen LogP contribution in [-0.4, -0.2) is 24.9 Å². The van der Waals surface area contributed by atoms with Crippen molar-refractivity contribution in [3.8, 4) is 5.75 Å². The number of aliphatic hydroxyl groups is 1. The maximum Gasteiger partial charge on any atom is 0.122 e. The molecule has 1 saturated heterocycles. The molecule has 2 atom stereocenters.